The molecule has 0 saturated carbocycles. The zero-order valence-electron chi connectivity index (χ0n) is 14.4. The van der Waals surface area contributed by atoms with Gasteiger partial charge in [0.15, 0.2) is 0 Å². The van der Waals surface area contributed by atoms with E-state index in [0.717, 1.165) is 38.3 Å². The number of benzene rings is 2. The fourth-order valence-corrected chi connectivity index (χ4v) is 4.12. The number of nitrogens with two attached hydrogens (primary N) is 1. The first kappa shape index (κ1) is 15.4. The minimum Gasteiger partial charge on any atom is -0.397 e. The standard InChI is InChI=1S/C21H27N3/c22-19-16-17(9-10-21(19)23-12-3-4-13-23)6-5-14-24-15-11-18-7-1-2-8-20(18)24/h1-2,7-10,16H,3-6,11-15,22H2. The lowest BCUT2D eigenvalue weighted by Crippen LogP contribution is -2.22. The Morgan fingerprint density at radius 3 is 2.58 bits per heavy atom. The summed E-state index contributed by atoms with van der Waals surface area (Å²) in [6, 6.07) is 15.5. The number of hydrogen-bond donors (Lipinski definition) is 1. The summed E-state index contributed by atoms with van der Waals surface area (Å²) in [7, 11) is 0. The molecule has 0 amide bonds. The van der Waals surface area contributed by atoms with E-state index in [9.17, 15) is 0 Å². The summed E-state index contributed by atoms with van der Waals surface area (Å²) in [5, 5.41) is 0. The van der Waals surface area contributed by atoms with E-state index in [4.69, 9.17) is 5.73 Å². The molecule has 2 N–H and O–H groups in total. The van der Waals surface area contributed by atoms with E-state index < -0.39 is 0 Å². The first-order chi connectivity index (χ1) is 11.8. The van der Waals surface area contributed by atoms with Crippen LogP contribution >= 0.6 is 0 Å². The fraction of sp³-hybridized carbons (Fsp3) is 0.429. The second kappa shape index (κ2) is 6.76. The largest absolute Gasteiger partial charge is 0.397 e. The minimum absolute atomic E-state index is 0.945. The summed E-state index contributed by atoms with van der Waals surface area (Å²) in [5.41, 5.74) is 12.8. The highest BCUT2D eigenvalue weighted by molar-refractivity contribution is 5.68. The summed E-state index contributed by atoms with van der Waals surface area (Å²) < 4.78 is 0. The highest BCUT2D eigenvalue weighted by atomic mass is 15.2. The van der Waals surface area contributed by atoms with Crippen molar-refractivity contribution >= 4 is 17.1 Å². The predicted molar refractivity (Wildman–Crippen MR) is 103 cm³/mol. The summed E-state index contributed by atoms with van der Waals surface area (Å²) in [4.78, 5) is 4.94. The Bertz CT molecular complexity index is 704. The van der Waals surface area contributed by atoms with Gasteiger partial charge in [-0.1, -0.05) is 24.3 Å². The molecule has 24 heavy (non-hydrogen) atoms. The second-order valence-electron chi connectivity index (χ2n) is 7.06. The number of nitrogens with zero attached hydrogens (tertiary/aromatic N) is 2. The van der Waals surface area contributed by atoms with Crippen LogP contribution in [0.4, 0.5) is 17.1 Å². The van der Waals surface area contributed by atoms with E-state index >= 15 is 0 Å². The zero-order valence-corrected chi connectivity index (χ0v) is 14.4. The molecule has 2 aromatic carbocycles. The third-order valence-electron chi connectivity index (χ3n) is 5.42. The summed E-state index contributed by atoms with van der Waals surface area (Å²) in [5.74, 6) is 0. The molecule has 2 aliphatic heterocycles. The second-order valence-corrected chi connectivity index (χ2v) is 7.06. The van der Waals surface area contributed by atoms with Crippen LogP contribution in [0.25, 0.3) is 0 Å². The first-order valence-electron chi connectivity index (χ1n) is 9.27. The van der Waals surface area contributed by atoms with E-state index in [1.165, 1.54) is 48.2 Å². The van der Waals surface area contributed by atoms with Crippen LogP contribution in [0.5, 0.6) is 0 Å². The van der Waals surface area contributed by atoms with Gasteiger partial charge in [0.05, 0.1) is 11.4 Å². The molecule has 2 aliphatic rings. The lowest BCUT2D eigenvalue weighted by molar-refractivity contribution is 0.751. The third kappa shape index (κ3) is 3.08. The van der Waals surface area contributed by atoms with Crippen LogP contribution in [-0.4, -0.2) is 26.2 Å². The van der Waals surface area contributed by atoms with Crippen LogP contribution in [0.1, 0.15) is 30.4 Å². The minimum atomic E-state index is 0.945. The van der Waals surface area contributed by atoms with Crippen molar-refractivity contribution in [1.82, 2.24) is 0 Å². The highest BCUT2D eigenvalue weighted by Crippen LogP contribution is 2.29. The van der Waals surface area contributed by atoms with Crippen molar-refractivity contribution in [2.24, 2.45) is 0 Å². The van der Waals surface area contributed by atoms with Crippen molar-refractivity contribution < 1.29 is 0 Å². The van der Waals surface area contributed by atoms with E-state index in [1.807, 2.05) is 0 Å². The quantitative estimate of drug-likeness (QED) is 0.849. The van der Waals surface area contributed by atoms with Gasteiger partial charge in [-0.15, -0.1) is 0 Å². The average Bonchev–Trinajstić information content (AvgIpc) is 3.25. The van der Waals surface area contributed by atoms with Gasteiger partial charge in [-0.05, 0) is 61.4 Å². The molecule has 1 saturated heterocycles. The van der Waals surface area contributed by atoms with Gasteiger partial charge < -0.3 is 15.5 Å². The summed E-state index contributed by atoms with van der Waals surface area (Å²) >= 11 is 0. The van der Waals surface area contributed by atoms with Crippen molar-refractivity contribution in [1.29, 1.82) is 0 Å². The molecule has 2 heterocycles. The van der Waals surface area contributed by atoms with Gasteiger partial charge in [-0.25, -0.2) is 0 Å². The van der Waals surface area contributed by atoms with Crippen molar-refractivity contribution in [2.45, 2.75) is 32.1 Å². The topological polar surface area (TPSA) is 32.5 Å². The van der Waals surface area contributed by atoms with Gasteiger partial charge in [-0.3, -0.25) is 0 Å². The lowest BCUT2D eigenvalue weighted by atomic mass is 10.1. The van der Waals surface area contributed by atoms with E-state index in [0.29, 0.717) is 0 Å². The summed E-state index contributed by atoms with van der Waals surface area (Å²) in [6.45, 7) is 4.59. The van der Waals surface area contributed by atoms with Crippen LogP contribution in [0.3, 0.4) is 0 Å². The predicted octanol–water partition coefficient (Wildman–Crippen LogP) is 3.86. The first-order valence-corrected chi connectivity index (χ1v) is 9.27. The molecular weight excluding hydrogens is 294 g/mol. The van der Waals surface area contributed by atoms with Crippen LogP contribution in [0.15, 0.2) is 42.5 Å². The maximum Gasteiger partial charge on any atom is 0.0600 e. The Hall–Kier alpha value is -2.16. The molecule has 3 heteroatoms. The number of anilines is 3. The van der Waals surface area contributed by atoms with Gasteiger partial charge in [0.1, 0.15) is 0 Å². The van der Waals surface area contributed by atoms with Gasteiger partial charge >= 0.3 is 0 Å². The molecule has 0 atom stereocenters. The van der Waals surface area contributed by atoms with Gasteiger partial charge in [-0.2, -0.15) is 0 Å². The Labute approximate surface area is 145 Å². The number of aryl methyl sites for hydroxylation is 1. The maximum absolute atomic E-state index is 6.31. The van der Waals surface area contributed by atoms with Gasteiger partial charge in [0.2, 0.25) is 0 Å². The molecule has 4 rings (SSSR count). The van der Waals surface area contributed by atoms with Gasteiger partial charge in [0.25, 0.3) is 0 Å². The van der Waals surface area contributed by atoms with Crippen LogP contribution in [0.2, 0.25) is 0 Å². The maximum atomic E-state index is 6.31. The molecule has 3 nitrogen and oxygen atoms in total. The summed E-state index contributed by atoms with van der Waals surface area (Å²) in [6.07, 6.45) is 6.05. The van der Waals surface area contributed by atoms with Crippen molar-refractivity contribution in [2.75, 3.05) is 41.7 Å². The monoisotopic (exact) mass is 321 g/mol. The molecule has 1 fully saturated rings. The molecule has 2 aromatic rings. The number of nitrogen functional groups attached to an aromatic ring is 1. The molecule has 0 aliphatic carbocycles. The highest BCUT2D eigenvalue weighted by Gasteiger charge is 2.18. The smallest absolute Gasteiger partial charge is 0.0600 e. The number of fused-ring (bicyclic) bond motifs is 1. The Kier molecular flexibility index (Phi) is 4.33. The normalized spacial score (nSPS) is 16.7. The van der Waals surface area contributed by atoms with Crippen LogP contribution < -0.4 is 15.5 Å². The van der Waals surface area contributed by atoms with Crippen molar-refractivity contribution in [3.63, 3.8) is 0 Å². The lowest BCUT2D eigenvalue weighted by Gasteiger charge is -2.21. The Morgan fingerprint density at radius 1 is 0.917 bits per heavy atom. The Morgan fingerprint density at radius 2 is 1.75 bits per heavy atom. The molecule has 0 aromatic heterocycles. The number of para-hydroxylation sites is 1. The average molecular weight is 321 g/mol. The SMILES string of the molecule is Nc1cc(CCCN2CCc3ccccc32)ccc1N1CCCC1. The molecule has 0 bridgehead atoms. The van der Waals surface area contributed by atoms with Crippen LogP contribution in [-0.2, 0) is 12.8 Å². The van der Waals surface area contributed by atoms with Gasteiger partial charge in [0, 0.05) is 31.9 Å². The zero-order chi connectivity index (χ0) is 16.4. The molecule has 126 valence electrons. The van der Waals surface area contributed by atoms with E-state index in [1.54, 1.807) is 0 Å². The van der Waals surface area contributed by atoms with E-state index in [2.05, 4.69) is 52.3 Å². The van der Waals surface area contributed by atoms with Crippen molar-refractivity contribution in [3.05, 3.63) is 53.6 Å². The molecule has 0 radical (unpaired) electrons. The third-order valence-corrected chi connectivity index (χ3v) is 5.42. The number of rotatable bonds is 5. The Balaban J connectivity index is 1.34. The molecule has 0 unspecified atom stereocenters. The van der Waals surface area contributed by atoms with Crippen LogP contribution in [0, 0.1) is 0 Å². The van der Waals surface area contributed by atoms with Crippen molar-refractivity contribution in [3.8, 4) is 0 Å². The number of hydrogen-bond acceptors (Lipinski definition) is 3. The molecule has 0 spiro atoms. The van der Waals surface area contributed by atoms with E-state index in [-0.39, 0.29) is 0 Å². The molecular formula is C21H27N3. The fourth-order valence-electron chi connectivity index (χ4n) is 4.12.